The highest BCUT2D eigenvalue weighted by atomic mass is 32.2. The number of sulfonamides is 1. The molecule has 1 amide bonds. The van der Waals surface area contributed by atoms with Gasteiger partial charge in [0.25, 0.3) is 15.9 Å². The van der Waals surface area contributed by atoms with Crippen LogP contribution in [0.15, 0.2) is 35.5 Å². The number of fused-ring (bicyclic) bond motifs is 1. The molecule has 0 spiro atoms. The zero-order valence-electron chi connectivity index (χ0n) is 22.4. The van der Waals surface area contributed by atoms with Crippen molar-refractivity contribution in [2.75, 3.05) is 0 Å². The molecule has 0 saturated heterocycles. The highest BCUT2D eigenvalue weighted by molar-refractivity contribution is 7.89. The predicted molar refractivity (Wildman–Crippen MR) is 150 cm³/mol. The largest absolute Gasteiger partial charge is 0.481 e. The summed E-state index contributed by atoms with van der Waals surface area (Å²) in [5.74, 6) is -1.06. The molecule has 2 aromatic heterocycles. The van der Waals surface area contributed by atoms with Gasteiger partial charge in [0, 0.05) is 28.7 Å². The van der Waals surface area contributed by atoms with Gasteiger partial charge in [-0.25, -0.2) is 23.1 Å². The molecular formula is C28H34N4O5S2. The minimum Gasteiger partial charge on any atom is -0.481 e. The first kappa shape index (κ1) is 27.7. The normalized spacial score (nSPS) is 19.9. The maximum Gasteiger partial charge on any atom is 0.306 e. The number of thiazole rings is 1. The summed E-state index contributed by atoms with van der Waals surface area (Å²) in [6.07, 6.45) is 7.20. The molecule has 2 aliphatic carbocycles. The fraction of sp³-hybridized carbons (Fsp3) is 0.500. The quantitative estimate of drug-likeness (QED) is 0.319. The van der Waals surface area contributed by atoms with Crippen molar-refractivity contribution in [1.82, 2.24) is 20.0 Å². The second-order valence-electron chi connectivity index (χ2n) is 11.3. The first-order valence-electron chi connectivity index (χ1n) is 13.4. The highest BCUT2D eigenvalue weighted by Gasteiger charge is 2.36. The van der Waals surface area contributed by atoms with Crippen LogP contribution in [0.25, 0.3) is 21.2 Å². The number of carbonyl (C=O) groups excluding carboxylic acids is 1. The number of aliphatic carboxylic acids is 1. The van der Waals surface area contributed by atoms with Gasteiger partial charge in [-0.1, -0.05) is 50.5 Å². The Bertz CT molecular complexity index is 1520. The molecule has 5 rings (SSSR count). The Hall–Kier alpha value is -2.89. The lowest BCUT2D eigenvalue weighted by Gasteiger charge is -2.32. The lowest BCUT2D eigenvalue weighted by molar-refractivity contribution is -0.145. The summed E-state index contributed by atoms with van der Waals surface area (Å²) in [6.45, 7) is 5.60. The molecule has 0 bridgehead atoms. The summed E-state index contributed by atoms with van der Waals surface area (Å²) in [5, 5.41) is 13.6. The van der Waals surface area contributed by atoms with E-state index in [-0.39, 0.29) is 17.0 Å². The van der Waals surface area contributed by atoms with Crippen LogP contribution < -0.4 is 10.0 Å². The van der Waals surface area contributed by atoms with Crippen molar-refractivity contribution in [2.24, 2.45) is 11.8 Å². The fourth-order valence-electron chi connectivity index (χ4n) is 5.00. The Morgan fingerprint density at radius 3 is 2.46 bits per heavy atom. The van der Waals surface area contributed by atoms with Crippen LogP contribution in [0.1, 0.15) is 74.8 Å². The van der Waals surface area contributed by atoms with Gasteiger partial charge in [0.1, 0.15) is 0 Å². The Morgan fingerprint density at radius 2 is 1.85 bits per heavy atom. The first-order chi connectivity index (χ1) is 18.5. The molecule has 0 atom stereocenters. The van der Waals surface area contributed by atoms with Crippen LogP contribution in [0.4, 0.5) is 0 Å². The third-order valence-corrected chi connectivity index (χ3v) is 10.8. The molecule has 39 heavy (non-hydrogen) atoms. The Labute approximate surface area is 232 Å². The molecule has 0 unspecified atom stereocenters. The van der Waals surface area contributed by atoms with E-state index >= 15 is 0 Å². The Balaban J connectivity index is 1.52. The smallest absolute Gasteiger partial charge is 0.306 e. The highest BCUT2D eigenvalue weighted by Crippen LogP contribution is 2.40. The second kappa shape index (κ2) is 10.6. The summed E-state index contributed by atoms with van der Waals surface area (Å²) in [4.78, 5) is 34.2. The van der Waals surface area contributed by atoms with Crippen LogP contribution in [-0.4, -0.2) is 46.9 Å². The molecule has 2 saturated carbocycles. The third-order valence-electron chi connectivity index (χ3n) is 7.97. The van der Waals surface area contributed by atoms with Gasteiger partial charge in [-0.3, -0.25) is 9.59 Å². The third kappa shape index (κ3) is 5.71. The van der Waals surface area contributed by atoms with E-state index in [2.05, 4.69) is 15.0 Å². The van der Waals surface area contributed by atoms with E-state index in [1.807, 2.05) is 32.9 Å². The van der Waals surface area contributed by atoms with Gasteiger partial charge in [0.15, 0.2) is 10.0 Å². The van der Waals surface area contributed by atoms with Crippen molar-refractivity contribution in [1.29, 1.82) is 0 Å². The van der Waals surface area contributed by atoms with Crippen molar-refractivity contribution in [3.63, 3.8) is 0 Å². The number of hydrogen-bond donors (Lipinski definition) is 3. The average Bonchev–Trinajstić information content (AvgIpc) is 3.25. The van der Waals surface area contributed by atoms with Crippen LogP contribution >= 0.6 is 11.3 Å². The van der Waals surface area contributed by atoms with E-state index in [9.17, 15) is 18.0 Å². The molecule has 11 heteroatoms. The number of nitrogens with zero attached hydrogens (tertiary/aromatic N) is 2. The maximum atomic E-state index is 13.3. The van der Waals surface area contributed by atoms with Gasteiger partial charge in [-0.2, -0.15) is 0 Å². The van der Waals surface area contributed by atoms with Crippen LogP contribution in [0.2, 0.25) is 0 Å². The van der Waals surface area contributed by atoms with E-state index in [0.29, 0.717) is 35.6 Å². The van der Waals surface area contributed by atoms with E-state index < -0.39 is 27.4 Å². The minimum absolute atomic E-state index is 0.0237. The standard InChI is InChI=1S/C28H34N4O5S2/c1-4-28(2,3)32-39(36,37)26-20-11-6-5-10-19(20)21(15-29-26)23-22(12-16-8-7-9-16)31-25(38-23)24(33)30-18-13-17(14-18)27(34)35/h5-6,10-11,15-18,32H,4,7-9,12-14H2,1-3H3,(H,30,33)(H,34,35). The summed E-state index contributed by atoms with van der Waals surface area (Å²) in [6, 6.07) is 7.12. The number of carbonyl (C=O) groups is 2. The first-order valence-corrected chi connectivity index (χ1v) is 15.7. The molecule has 9 nitrogen and oxygen atoms in total. The number of amides is 1. The molecule has 3 aromatic rings. The zero-order chi connectivity index (χ0) is 27.9. The molecular weight excluding hydrogens is 536 g/mol. The number of benzene rings is 1. The van der Waals surface area contributed by atoms with E-state index in [1.54, 1.807) is 18.3 Å². The lowest BCUT2D eigenvalue weighted by Crippen LogP contribution is -2.46. The van der Waals surface area contributed by atoms with Crippen molar-refractivity contribution in [2.45, 2.75) is 82.3 Å². The van der Waals surface area contributed by atoms with Crippen molar-refractivity contribution < 1.29 is 23.1 Å². The summed E-state index contributed by atoms with van der Waals surface area (Å²) < 4.78 is 29.5. The average molecular weight is 571 g/mol. The monoisotopic (exact) mass is 570 g/mol. The van der Waals surface area contributed by atoms with Gasteiger partial charge in [-0.15, -0.1) is 11.3 Å². The summed E-state index contributed by atoms with van der Waals surface area (Å²) in [7, 11) is -3.89. The van der Waals surface area contributed by atoms with E-state index in [0.717, 1.165) is 40.8 Å². The second-order valence-corrected chi connectivity index (χ2v) is 13.9. The van der Waals surface area contributed by atoms with Gasteiger partial charge in [-0.05, 0) is 50.8 Å². The zero-order valence-corrected chi connectivity index (χ0v) is 24.0. The van der Waals surface area contributed by atoms with Gasteiger partial charge >= 0.3 is 5.97 Å². The van der Waals surface area contributed by atoms with Gasteiger partial charge < -0.3 is 10.4 Å². The summed E-state index contributed by atoms with van der Waals surface area (Å²) in [5.41, 5.74) is 0.945. The van der Waals surface area contributed by atoms with Crippen LogP contribution in [0.3, 0.4) is 0 Å². The van der Waals surface area contributed by atoms with Crippen molar-refractivity contribution >= 4 is 44.0 Å². The van der Waals surface area contributed by atoms with Gasteiger partial charge in [0.2, 0.25) is 0 Å². The van der Waals surface area contributed by atoms with E-state index in [1.165, 1.54) is 17.8 Å². The Kier molecular flexibility index (Phi) is 7.51. The van der Waals surface area contributed by atoms with Crippen molar-refractivity contribution in [3.8, 4) is 10.4 Å². The minimum atomic E-state index is -3.89. The SMILES string of the molecule is CCC(C)(C)NS(=O)(=O)c1ncc(-c2sc(C(=O)NC3CC(C(=O)O)C3)nc2CC2CCC2)c2ccccc12. The number of hydrogen-bond acceptors (Lipinski definition) is 7. The van der Waals surface area contributed by atoms with E-state index in [4.69, 9.17) is 10.1 Å². The number of aromatic nitrogens is 2. The number of carboxylic acids is 1. The molecule has 0 radical (unpaired) electrons. The van der Waals surface area contributed by atoms with Crippen LogP contribution in [0.5, 0.6) is 0 Å². The number of rotatable bonds is 10. The summed E-state index contributed by atoms with van der Waals surface area (Å²) >= 11 is 1.28. The Morgan fingerprint density at radius 1 is 1.15 bits per heavy atom. The van der Waals surface area contributed by atoms with Crippen LogP contribution in [0, 0.1) is 11.8 Å². The molecule has 208 valence electrons. The number of pyridine rings is 1. The molecule has 3 N–H and O–H groups in total. The van der Waals surface area contributed by atoms with Crippen molar-refractivity contribution in [3.05, 3.63) is 41.2 Å². The number of nitrogens with one attached hydrogen (secondary N) is 2. The number of carboxylic acid groups (broad SMARTS) is 1. The molecule has 2 heterocycles. The fourth-order valence-corrected chi connectivity index (χ4v) is 7.65. The van der Waals surface area contributed by atoms with Gasteiger partial charge in [0.05, 0.1) is 16.5 Å². The molecule has 1 aromatic carbocycles. The predicted octanol–water partition coefficient (Wildman–Crippen LogP) is 4.76. The lowest BCUT2D eigenvalue weighted by atomic mass is 9.80. The maximum absolute atomic E-state index is 13.3. The molecule has 2 aliphatic rings. The molecule has 2 fully saturated rings. The van der Waals surface area contributed by atoms with Crippen LogP contribution in [-0.2, 0) is 21.2 Å². The molecule has 0 aliphatic heterocycles. The topological polar surface area (TPSA) is 138 Å².